The van der Waals surface area contributed by atoms with Gasteiger partial charge in [-0.2, -0.15) is 0 Å². The van der Waals surface area contributed by atoms with Crippen molar-refractivity contribution in [3.8, 4) is 11.5 Å². The first-order chi connectivity index (χ1) is 9.63. The zero-order valence-electron chi connectivity index (χ0n) is 11.6. The second kappa shape index (κ2) is 6.05. The van der Waals surface area contributed by atoms with E-state index < -0.39 is 0 Å². The number of anilines is 1. The van der Waals surface area contributed by atoms with Crippen LogP contribution in [0.2, 0.25) is 0 Å². The number of methoxy groups -OCH3 is 2. The summed E-state index contributed by atoms with van der Waals surface area (Å²) in [5.41, 5.74) is 1.46. The van der Waals surface area contributed by atoms with Gasteiger partial charge in [0, 0.05) is 11.8 Å². The van der Waals surface area contributed by atoms with Crippen LogP contribution >= 0.6 is 0 Å². The molecule has 0 saturated carbocycles. The van der Waals surface area contributed by atoms with Crippen LogP contribution in [-0.4, -0.2) is 35.1 Å². The molecule has 1 aromatic carbocycles. The fourth-order valence-electron chi connectivity index (χ4n) is 1.72. The first-order valence-electron chi connectivity index (χ1n) is 6.01. The van der Waals surface area contributed by atoms with E-state index in [0.29, 0.717) is 17.2 Å². The Labute approximate surface area is 116 Å². The number of benzene rings is 1. The molecule has 0 fully saturated rings. The molecule has 0 atom stereocenters. The number of carbonyl (C=O) groups is 1. The lowest BCUT2D eigenvalue weighted by atomic mass is 10.2. The number of carbonyl (C=O) groups excluding carboxylic acids is 1. The molecular formula is C13H16N4O3. The lowest BCUT2D eigenvalue weighted by molar-refractivity contribution is -0.117. The van der Waals surface area contributed by atoms with Crippen molar-refractivity contribution in [2.24, 2.45) is 0 Å². The third-order valence-electron chi connectivity index (χ3n) is 2.77. The van der Waals surface area contributed by atoms with Crippen LogP contribution in [0, 0.1) is 6.92 Å². The minimum Gasteiger partial charge on any atom is -0.493 e. The SMILES string of the molecule is COc1ccc(NC(=O)Cn2nncc2C)cc1OC. The molecule has 1 N–H and O–H groups in total. The molecule has 0 spiro atoms. The quantitative estimate of drug-likeness (QED) is 0.889. The van der Waals surface area contributed by atoms with Gasteiger partial charge in [-0.15, -0.1) is 5.10 Å². The molecule has 1 heterocycles. The maximum Gasteiger partial charge on any atom is 0.246 e. The lowest BCUT2D eigenvalue weighted by Gasteiger charge is -2.10. The summed E-state index contributed by atoms with van der Waals surface area (Å²) in [6.07, 6.45) is 1.60. The van der Waals surface area contributed by atoms with Crippen LogP contribution < -0.4 is 14.8 Å². The number of hydrogen-bond donors (Lipinski definition) is 1. The van der Waals surface area contributed by atoms with Crippen molar-refractivity contribution in [3.05, 3.63) is 30.1 Å². The molecular weight excluding hydrogens is 260 g/mol. The van der Waals surface area contributed by atoms with Crippen molar-refractivity contribution in [1.82, 2.24) is 15.0 Å². The van der Waals surface area contributed by atoms with E-state index in [9.17, 15) is 4.79 Å². The molecule has 0 radical (unpaired) electrons. The Kier molecular flexibility index (Phi) is 4.19. The fourth-order valence-corrected chi connectivity index (χ4v) is 1.72. The molecule has 0 bridgehead atoms. The summed E-state index contributed by atoms with van der Waals surface area (Å²) in [5.74, 6) is 0.977. The highest BCUT2D eigenvalue weighted by molar-refractivity contribution is 5.90. The topological polar surface area (TPSA) is 78.3 Å². The van der Waals surface area contributed by atoms with Gasteiger partial charge < -0.3 is 14.8 Å². The first-order valence-corrected chi connectivity index (χ1v) is 6.01. The van der Waals surface area contributed by atoms with Crippen LogP contribution in [0.25, 0.3) is 0 Å². The third-order valence-corrected chi connectivity index (χ3v) is 2.77. The Morgan fingerprint density at radius 3 is 2.65 bits per heavy atom. The molecule has 0 aliphatic carbocycles. The number of amides is 1. The van der Waals surface area contributed by atoms with Crippen LogP contribution in [0.3, 0.4) is 0 Å². The average molecular weight is 276 g/mol. The fraction of sp³-hybridized carbons (Fsp3) is 0.308. The van der Waals surface area contributed by atoms with E-state index in [1.54, 1.807) is 38.6 Å². The van der Waals surface area contributed by atoms with Gasteiger partial charge in [-0.05, 0) is 19.1 Å². The van der Waals surface area contributed by atoms with Gasteiger partial charge in [-0.3, -0.25) is 4.79 Å². The van der Waals surface area contributed by atoms with Crippen molar-refractivity contribution in [2.75, 3.05) is 19.5 Å². The standard InChI is InChI=1S/C13H16N4O3/c1-9-7-14-16-17(9)8-13(18)15-10-4-5-11(19-2)12(6-10)20-3/h4-7H,8H2,1-3H3,(H,15,18). The molecule has 2 rings (SSSR count). The molecule has 0 aliphatic heterocycles. The van der Waals surface area contributed by atoms with Crippen molar-refractivity contribution < 1.29 is 14.3 Å². The van der Waals surface area contributed by atoms with Gasteiger partial charge in [0.1, 0.15) is 6.54 Å². The number of rotatable bonds is 5. The molecule has 0 aliphatic rings. The highest BCUT2D eigenvalue weighted by atomic mass is 16.5. The maximum absolute atomic E-state index is 11.9. The van der Waals surface area contributed by atoms with Crippen molar-refractivity contribution >= 4 is 11.6 Å². The summed E-state index contributed by atoms with van der Waals surface area (Å²) in [5, 5.41) is 10.3. The zero-order valence-corrected chi connectivity index (χ0v) is 11.6. The largest absolute Gasteiger partial charge is 0.493 e. The zero-order chi connectivity index (χ0) is 14.5. The lowest BCUT2D eigenvalue weighted by Crippen LogP contribution is -2.20. The predicted octanol–water partition coefficient (Wildman–Crippen LogP) is 1.24. The number of aryl methyl sites for hydroxylation is 1. The summed E-state index contributed by atoms with van der Waals surface area (Å²) in [6.45, 7) is 1.95. The van der Waals surface area contributed by atoms with Crippen LogP contribution in [0.15, 0.2) is 24.4 Å². The third kappa shape index (κ3) is 3.05. The summed E-state index contributed by atoms with van der Waals surface area (Å²) in [7, 11) is 3.10. The normalized spacial score (nSPS) is 10.2. The van der Waals surface area contributed by atoms with Crippen LogP contribution in [0.4, 0.5) is 5.69 Å². The monoisotopic (exact) mass is 276 g/mol. The van der Waals surface area contributed by atoms with Crippen molar-refractivity contribution in [1.29, 1.82) is 0 Å². The van der Waals surface area contributed by atoms with Crippen molar-refractivity contribution in [3.63, 3.8) is 0 Å². The van der Waals surface area contributed by atoms with Gasteiger partial charge in [-0.25, -0.2) is 4.68 Å². The number of nitrogens with zero attached hydrogens (tertiary/aromatic N) is 3. The van der Waals surface area contributed by atoms with Gasteiger partial charge in [0.05, 0.1) is 26.1 Å². The highest BCUT2D eigenvalue weighted by Gasteiger charge is 2.09. The highest BCUT2D eigenvalue weighted by Crippen LogP contribution is 2.29. The summed E-state index contributed by atoms with van der Waals surface area (Å²) >= 11 is 0. The minimum atomic E-state index is -0.189. The van der Waals surface area contributed by atoms with E-state index in [0.717, 1.165) is 5.69 Å². The van der Waals surface area contributed by atoms with Crippen LogP contribution in [0.1, 0.15) is 5.69 Å². The van der Waals surface area contributed by atoms with Gasteiger partial charge >= 0.3 is 0 Å². The number of ether oxygens (including phenoxy) is 2. The second-order valence-corrected chi connectivity index (χ2v) is 4.15. The summed E-state index contributed by atoms with van der Waals surface area (Å²) in [6, 6.07) is 5.17. The number of aromatic nitrogens is 3. The first kappa shape index (κ1) is 13.9. The average Bonchev–Trinajstić information content (AvgIpc) is 2.84. The van der Waals surface area contributed by atoms with E-state index in [-0.39, 0.29) is 12.5 Å². The Balaban J connectivity index is 2.06. The molecule has 1 aromatic heterocycles. The second-order valence-electron chi connectivity index (χ2n) is 4.15. The van der Waals surface area contributed by atoms with E-state index in [4.69, 9.17) is 9.47 Å². The van der Waals surface area contributed by atoms with Crippen molar-refractivity contribution in [2.45, 2.75) is 13.5 Å². The van der Waals surface area contributed by atoms with Crippen LogP contribution in [0.5, 0.6) is 11.5 Å². The predicted molar refractivity (Wildman–Crippen MR) is 72.9 cm³/mol. The molecule has 1 amide bonds. The van der Waals surface area contributed by atoms with Gasteiger partial charge in [0.25, 0.3) is 0 Å². The Bertz CT molecular complexity index is 609. The Hall–Kier alpha value is -2.57. The van der Waals surface area contributed by atoms with Gasteiger partial charge in [-0.1, -0.05) is 5.21 Å². The van der Waals surface area contributed by atoms with Gasteiger partial charge in [0.15, 0.2) is 11.5 Å². The molecule has 106 valence electrons. The molecule has 2 aromatic rings. The summed E-state index contributed by atoms with van der Waals surface area (Å²) < 4.78 is 11.8. The Morgan fingerprint density at radius 2 is 2.05 bits per heavy atom. The smallest absolute Gasteiger partial charge is 0.246 e. The minimum absolute atomic E-state index is 0.111. The Morgan fingerprint density at radius 1 is 1.30 bits per heavy atom. The molecule has 7 nitrogen and oxygen atoms in total. The molecule has 0 saturated heterocycles. The molecule has 7 heteroatoms. The van der Waals surface area contributed by atoms with E-state index in [2.05, 4.69) is 15.6 Å². The van der Waals surface area contributed by atoms with Gasteiger partial charge in [0.2, 0.25) is 5.91 Å². The maximum atomic E-state index is 11.9. The van der Waals surface area contributed by atoms with E-state index >= 15 is 0 Å². The van der Waals surface area contributed by atoms with E-state index in [1.165, 1.54) is 4.68 Å². The van der Waals surface area contributed by atoms with E-state index in [1.807, 2.05) is 6.92 Å². The van der Waals surface area contributed by atoms with Crippen LogP contribution in [-0.2, 0) is 11.3 Å². The number of nitrogens with one attached hydrogen (secondary N) is 1. The molecule has 0 unspecified atom stereocenters. The summed E-state index contributed by atoms with van der Waals surface area (Å²) in [4.78, 5) is 11.9. The molecule has 20 heavy (non-hydrogen) atoms. The number of hydrogen-bond acceptors (Lipinski definition) is 5.